The van der Waals surface area contributed by atoms with Gasteiger partial charge in [-0.2, -0.15) is 0 Å². The molecule has 0 amide bonds. The summed E-state index contributed by atoms with van der Waals surface area (Å²) in [6.45, 7) is 0. The molecule has 632 valence electrons. The molecule has 0 unspecified atom stereocenters. The Bertz CT molecular complexity index is 9500. The fourth-order valence-corrected chi connectivity index (χ4v) is 18.5. The fourth-order valence-electron chi connectivity index (χ4n) is 18.5. The number of benzene rings is 20. The van der Waals surface area contributed by atoms with Crippen molar-refractivity contribution in [2.75, 3.05) is 0 Å². The first kappa shape index (κ1) is 69.8. The monoisotopic (exact) mass is 1730 g/mol. The summed E-state index contributed by atoms with van der Waals surface area (Å²) in [5, 5.41) is 3.10. The SMILES string of the molecule is [2H]c1c([2H])c([2H])c(-c2cc(-c3ccc(-c4ccccc4)cc3)cc(-c3ccc4nc5c(nc4c3)c3ccccc3n5-c3ccccc3)c2)c([2H])c1[2H].[2H]c1c([2H])c([2H])c(-c2cc(-c3cccc(-c4ccccc4)c3)cc(-c3ccc4nc5c(nc4c3)c3ccccc3n5-c3ccccc3)c2)c([2H])c1[2H].c1ccc(-c2cc(-c3ccccc3)cc(-c3ccc4c5nc6ccccc6nc5n(-c5ccccc5)c4c3)c2)cc1. The number of fused-ring (bicyclic) bond motifs is 12. The van der Waals surface area contributed by atoms with Crippen molar-refractivity contribution in [3.8, 4) is 139 Å². The zero-order chi connectivity index (χ0) is 98.2. The third kappa shape index (κ3) is 15.6. The van der Waals surface area contributed by atoms with Gasteiger partial charge in [0.1, 0.15) is 16.6 Å². The standard InChI is InChI=1S/2C44H29N3.C38H25N3/c1-4-13-30(14-5-1)32-17-12-18-33(25-32)36-26-35(31-15-6-2-7-16-31)27-37(28-36)34-23-24-40-41(29-34)45-43-39-21-10-11-22-42(39)47(44(43)46-40)38-19-8-3-9-20-38;1-4-12-30(13-5-1)32-20-22-33(23-21-32)36-26-35(31-14-6-2-7-15-31)27-37(28-36)34-24-25-40-41(29-34)45-43-39-18-10-11-19-42(39)47(44(43)46-40)38-16-8-3-9-17-38;1-4-12-26(13-5-1)29-22-30(27-14-6-2-7-15-27)24-31(23-29)28-20-21-33-36(25-28)41(32-16-8-3-9-17-32)38-37(33)39-34-18-10-11-19-35(34)40-38/h2*1-29H;1-25H/i2D,6D,7D,15D,16D;2D,6D,7D,14D,15D;. The van der Waals surface area contributed by atoms with E-state index >= 15 is 0 Å². The molecule has 0 atom stereocenters. The minimum absolute atomic E-state index is 0.157. The van der Waals surface area contributed by atoms with Gasteiger partial charge in [-0.15, -0.1) is 0 Å². The average molecular weight is 1730 g/mol. The Balaban J connectivity index is 0.000000118. The zero-order valence-electron chi connectivity index (χ0n) is 82.7. The van der Waals surface area contributed by atoms with Gasteiger partial charge in [-0.3, -0.25) is 13.7 Å². The average Bonchev–Trinajstić information content (AvgIpc) is 1.54. The van der Waals surface area contributed by atoms with Gasteiger partial charge in [0, 0.05) is 33.2 Å². The smallest absolute Gasteiger partial charge is 0.165 e. The highest BCUT2D eigenvalue weighted by Crippen LogP contribution is 2.43. The normalized spacial score (nSPS) is 12.4. The van der Waals surface area contributed by atoms with Crippen molar-refractivity contribution in [1.82, 2.24) is 43.6 Å². The molecule has 0 spiro atoms. The van der Waals surface area contributed by atoms with E-state index in [0.717, 1.165) is 189 Å². The van der Waals surface area contributed by atoms with Crippen LogP contribution in [0.25, 0.3) is 239 Å². The van der Waals surface area contributed by atoms with Crippen LogP contribution in [0.5, 0.6) is 0 Å². The molecule has 0 bridgehead atoms. The van der Waals surface area contributed by atoms with Crippen LogP contribution in [-0.4, -0.2) is 43.6 Å². The first-order chi connectivity index (χ1) is 71.0. The first-order valence-corrected chi connectivity index (χ1v) is 44.9. The molecule has 0 aliphatic carbocycles. The van der Waals surface area contributed by atoms with Crippen molar-refractivity contribution in [3.05, 3.63) is 503 Å². The van der Waals surface area contributed by atoms with Crippen LogP contribution < -0.4 is 0 Å². The summed E-state index contributed by atoms with van der Waals surface area (Å²) in [4.78, 5) is 30.8. The Labute approximate surface area is 794 Å². The molecule has 135 heavy (non-hydrogen) atoms. The van der Waals surface area contributed by atoms with E-state index in [9.17, 15) is 0 Å². The van der Waals surface area contributed by atoms with Gasteiger partial charge in [-0.25, -0.2) is 29.9 Å². The summed E-state index contributed by atoms with van der Waals surface area (Å²) < 4.78 is 91.5. The second-order valence-corrected chi connectivity index (χ2v) is 33.4. The lowest BCUT2D eigenvalue weighted by Gasteiger charge is -2.13. The summed E-state index contributed by atoms with van der Waals surface area (Å²) in [5.74, 6) is 0. The van der Waals surface area contributed by atoms with Gasteiger partial charge >= 0.3 is 0 Å². The van der Waals surface area contributed by atoms with Crippen LogP contribution in [0.3, 0.4) is 0 Å². The molecule has 9 heteroatoms. The van der Waals surface area contributed by atoms with Crippen LogP contribution in [0.2, 0.25) is 0 Å². The minimum Gasteiger partial charge on any atom is -0.293 e. The predicted octanol–water partition coefficient (Wildman–Crippen LogP) is 32.5. The zero-order valence-corrected chi connectivity index (χ0v) is 72.7. The lowest BCUT2D eigenvalue weighted by atomic mass is 9.92. The highest BCUT2D eigenvalue weighted by atomic mass is 15.1. The van der Waals surface area contributed by atoms with Crippen LogP contribution in [0.15, 0.2) is 503 Å². The van der Waals surface area contributed by atoms with Crippen molar-refractivity contribution >= 4 is 99.3 Å². The summed E-state index contributed by atoms with van der Waals surface area (Å²) in [6.07, 6.45) is 0. The first-order valence-electron chi connectivity index (χ1n) is 49.9. The second-order valence-electron chi connectivity index (χ2n) is 33.4. The van der Waals surface area contributed by atoms with Crippen LogP contribution in [0.4, 0.5) is 0 Å². The molecular formula is C126H83N9. The summed E-state index contributed by atoms with van der Waals surface area (Å²) in [7, 11) is 0. The summed E-state index contributed by atoms with van der Waals surface area (Å²) in [5.41, 5.74) is 35.6. The van der Waals surface area contributed by atoms with Crippen molar-refractivity contribution in [1.29, 1.82) is 0 Å². The lowest BCUT2D eigenvalue weighted by Crippen LogP contribution is -1.96. The van der Waals surface area contributed by atoms with Gasteiger partial charge in [0.25, 0.3) is 0 Å². The fraction of sp³-hybridized carbons (Fsp3) is 0. The van der Waals surface area contributed by atoms with Gasteiger partial charge in [-0.05, 0) is 280 Å². The predicted molar refractivity (Wildman–Crippen MR) is 561 cm³/mol. The molecule has 20 aromatic carbocycles. The Kier molecular flexibility index (Phi) is 18.1. The molecule has 0 fully saturated rings. The largest absolute Gasteiger partial charge is 0.293 e. The highest BCUT2D eigenvalue weighted by molar-refractivity contribution is 6.11. The Morgan fingerprint density at radius 3 is 0.785 bits per heavy atom. The number of nitrogens with zero attached hydrogens (tertiary/aromatic N) is 9. The molecule has 26 rings (SSSR count). The van der Waals surface area contributed by atoms with Crippen molar-refractivity contribution < 1.29 is 13.7 Å². The number of hydrogen-bond donors (Lipinski definition) is 0. The molecule has 0 saturated heterocycles. The maximum Gasteiger partial charge on any atom is 0.165 e. The van der Waals surface area contributed by atoms with E-state index in [1.807, 2.05) is 200 Å². The van der Waals surface area contributed by atoms with E-state index in [2.05, 4.69) is 256 Å². The van der Waals surface area contributed by atoms with Gasteiger partial charge < -0.3 is 0 Å². The third-order valence-electron chi connectivity index (χ3n) is 25.0. The van der Waals surface area contributed by atoms with Crippen molar-refractivity contribution in [2.24, 2.45) is 0 Å². The lowest BCUT2D eigenvalue weighted by molar-refractivity contribution is 1.14. The van der Waals surface area contributed by atoms with E-state index in [1.165, 1.54) is 27.8 Å². The molecule has 0 aliphatic rings. The number of aromatic nitrogens is 9. The van der Waals surface area contributed by atoms with E-state index in [-0.39, 0.29) is 59.5 Å². The Morgan fingerprint density at radius 1 is 0.148 bits per heavy atom. The number of para-hydroxylation sites is 7. The molecule has 0 saturated carbocycles. The highest BCUT2D eigenvalue weighted by Gasteiger charge is 2.23. The number of rotatable bonds is 14. The van der Waals surface area contributed by atoms with Gasteiger partial charge in [-0.1, -0.05) is 346 Å². The Morgan fingerprint density at radius 2 is 0.385 bits per heavy atom. The topological polar surface area (TPSA) is 92.1 Å². The second kappa shape index (κ2) is 35.0. The van der Waals surface area contributed by atoms with Crippen molar-refractivity contribution in [3.63, 3.8) is 0 Å². The summed E-state index contributed by atoms with van der Waals surface area (Å²) >= 11 is 0. The minimum atomic E-state index is -0.418. The molecular weight excluding hydrogens is 1640 g/mol. The molecule has 6 aromatic heterocycles. The molecule has 0 N–H and O–H groups in total. The third-order valence-corrected chi connectivity index (χ3v) is 25.0. The van der Waals surface area contributed by atoms with Crippen LogP contribution >= 0.6 is 0 Å². The van der Waals surface area contributed by atoms with Crippen LogP contribution in [0, 0.1) is 0 Å². The molecule has 0 aliphatic heterocycles. The molecule has 6 heterocycles. The maximum absolute atomic E-state index is 8.79. The van der Waals surface area contributed by atoms with E-state index in [4.69, 9.17) is 43.6 Å². The van der Waals surface area contributed by atoms with Crippen LogP contribution in [-0.2, 0) is 0 Å². The van der Waals surface area contributed by atoms with Gasteiger partial charge in [0.2, 0.25) is 0 Å². The van der Waals surface area contributed by atoms with E-state index in [1.54, 1.807) is 0 Å². The molecule has 9 nitrogen and oxygen atoms in total. The van der Waals surface area contributed by atoms with E-state index < -0.39 is 12.1 Å². The van der Waals surface area contributed by atoms with E-state index in [0.29, 0.717) is 11.1 Å². The Hall–Kier alpha value is -18.2. The van der Waals surface area contributed by atoms with Crippen LogP contribution in [0.1, 0.15) is 13.7 Å². The van der Waals surface area contributed by atoms with Gasteiger partial charge in [0.05, 0.1) is 63.4 Å². The maximum atomic E-state index is 8.79. The molecule has 26 aromatic rings. The quantitative estimate of drug-likeness (QED) is 0.108. The summed E-state index contributed by atoms with van der Waals surface area (Å²) in [6, 6.07) is 147. The van der Waals surface area contributed by atoms with Gasteiger partial charge in [0.15, 0.2) is 16.9 Å². The van der Waals surface area contributed by atoms with Crippen molar-refractivity contribution in [2.45, 2.75) is 0 Å². The molecule has 0 radical (unpaired) electrons. The number of hydrogen-bond acceptors (Lipinski definition) is 6.